The third kappa shape index (κ3) is 5.08. The van der Waals surface area contributed by atoms with Gasteiger partial charge < -0.3 is 24.6 Å². The van der Waals surface area contributed by atoms with Crippen molar-refractivity contribution in [3.05, 3.63) is 59.7 Å². The topological polar surface area (TPSA) is 77.0 Å². The van der Waals surface area contributed by atoms with Crippen LogP contribution in [-0.4, -0.2) is 45.0 Å². The lowest BCUT2D eigenvalue weighted by molar-refractivity contribution is -0.123. The predicted molar refractivity (Wildman–Crippen MR) is 110 cm³/mol. The van der Waals surface area contributed by atoms with E-state index < -0.39 is 5.60 Å². The second-order valence-electron chi connectivity index (χ2n) is 7.32. The Labute approximate surface area is 171 Å². The molecular formula is C23H29NO5. The smallest absolute Gasteiger partial charge is 0.224 e. The SMILES string of the molecule is COc1ccc(CC(=O)NC[C@](O)(c2ccccc2)C2CCOCC2)cc1OC. The van der Waals surface area contributed by atoms with Gasteiger partial charge in [-0.2, -0.15) is 0 Å². The lowest BCUT2D eigenvalue weighted by Crippen LogP contribution is -2.48. The molecule has 0 spiro atoms. The number of amides is 1. The summed E-state index contributed by atoms with van der Waals surface area (Å²) in [6.07, 6.45) is 1.72. The summed E-state index contributed by atoms with van der Waals surface area (Å²) in [5.74, 6) is 1.08. The molecule has 1 aliphatic rings. The van der Waals surface area contributed by atoms with Crippen molar-refractivity contribution >= 4 is 5.91 Å². The van der Waals surface area contributed by atoms with Crippen LogP contribution in [-0.2, 0) is 21.6 Å². The molecule has 2 N–H and O–H groups in total. The normalized spacial score (nSPS) is 16.7. The average molecular weight is 399 g/mol. The molecular weight excluding hydrogens is 370 g/mol. The zero-order valence-corrected chi connectivity index (χ0v) is 17.0. The Morgan fingerprint density at radius 3 is 2.45 bits per heavy atom. The number of ether oxygens (including phenoxy) is 3. The van der Waals surface area contributed by atoms with Crippen molar-refractivity contribution in [2.45, 2.75) is 24.9 Å². The fourth-order valence-corrected chi connectivity index (χ4v) is 3.86. The maximum atomic E-state index is 12.6. The van der Waals surface area contributed by atoms with Gasteiger partial charge in [0.25, 0.3) is 0 Å². The van der Waals surface area contributed by atoms with Crippen molar-refractivity contribution in [2.75, 3.05) is 34.0 Å². The highest BCUT2D eigenvalue weighted by molar-refractivity contribution is 5.79. The maximum Gasteiger partial charge on any atom is 0.224 e. The molecule has 1 fully saturated rings. The molecule has 0 aliphatic carbocycles. The highest BCUT2D eigenvalue weighted by atomic mass is 16.5. The van der Waals surface area contributed by atoms with Crippen LogP contribution in [0.15, 0.2) is 48.5 Å². The van der Waals surface area contributed by atoms with Gasteiger partial charge in [-0.15, -0.1) is 0 Å². The summed E-state index contributed by atoms with van der Waals surface area (Å²) in [6.45, 7) is 1.41. The monoisotopic (exact) mass is 399 g/mol. The number of hydrogen-bond acceptors (Lipinski definition) is 5. The molecule has 1 heterocycles. The van der Waals surface area contributed by atoms with E-state index in [-0.39, 0.29) is 24.8 Å². The van der Waals surface area contributed by atoms with E-state index in [1.807, 2.05) is 36.4 Å². The summed E-state index contributed by atoms with van der Waals surface area (Å²) >= 11 is 0. The van der Waals surface area contributed by atoms with Crippen LogP contribution in [0.5, 0.6) is 11.5 Å². The van der Waals surface area contributed by atoms with Crippen LogP contribution in [0.2, 0.25) is 0 Å². The van der Waals surface area contributed by atoms with Crippen molar-refractivity contribution in [3.8, 4) is 11.5 Å². The second-order valence-corrected chi connectivity index (χ2v) is 7.32. The van der Waals surface area contributed by atoms with Gasteiger partial charge in [-0.3, -0.25) is 4.79 Å². The number of rotatable bonds is 8. The molecule has 2 aromatic rings. The fraction of sp³-hybridized carbons (Fsp3) is 0.435. The summed E-state index contributed by atoms with van der Waals surface area (Å²) < 4.78 is 16.0. The van der Waals surface area contributed by atoms with Crippen LogP contribution < -0.4 is 14.8 Å². The molecule has 0 aromatic heterocycles. The minimum absolute atomic E-state index is 0.0278. The summed E-state index contributed by atoms with van der Waals surface area (Å²) in [4.78, 5) is 12.6. The van der Waals surface area contributed by atoms with Crippen LogP contribution in [0.4, 0.5) is 0 Å². The molecule has 1 amide bonds. The van der Waals surface area contributed by atoms with E-state index >= 15 is 0 Å². The highest BCUT2D eigenvalue weighted by Crippen LogP contribution is 2.35. The van der Waals surface area contributed by atoms with Crippen LogP contribution >= 0.6 is 0 Å². The number of carbonyl (C=O) groups is 1. The Morgan fingerprint density at radius 2 is 1.79 bits per heavy atom. The Balaban J connectivity index is 1.70. The third-order valence-electron chi connectivity index (χ3n) is 5.54. The maximum absolute atomic E-state index is 12.6. The van der Waals surface area contributed by atoms with Crippen molar-refractivity contribution in [1.29, 1.82) is 0 Å². The third-order valence-corrected chi connectivity index (χ3v) is 5.54. The minimum Gasteiger partial charge on any atom is -0.493 e. The number of aliphatic hydroxyl groups is 1. The molecule has 6 nitrogen and oxygen atoms in total. The van der Waals surface area contributed by atoms with Gasteiger partial charge in [-0.1, -0.05) is 36.4 Å². The Bertz CT molecular complexity index is 804. The van der Waals surface area contributed by atoms with E-state index in [1.165, 1.54) is 0 Å². The Morgan fingerprint density at radius 1 is 1.10 bits per heavy atom. The molecule has 1 saturated heterocycles. The van der Waals surface area contributed by atoms with Crippen LogP contribution in [0.1, 0.15) is 24.0 Å². The molecule has 2 aromatic carbocycles. The molecule has 0 bridgehead atoms. The first-order valence-corrected chi connectivity index (χ1v) is 9.90. The standard InChI is InChI=1S/C23H29NO5/c1-27-20-9-8-17(14-21(20)28-2)15-22(25)24-16-23(26,18-6-4-3-5-7-18)19-10-12-29-13-11-19/h3-9,14,19,26H,10-13,15-16H2,1-2H3,(H,24,25)/t23-/m0/s1. The first kappa shape index (κ1) is 21.1. The Hall–Kier alpha value is -2.57. The van der Waals surface area contributed by atoms with Crippen molar-refractivity contribution in [2.24, 2.45) is 5.92 Å². The lowest BCUT2D eigenvalue weighted by Gasteiger charge is -2.39. The second kappa shape index (κ2) is 9.76. The van der Waals surface area contributed by atoms with Gasteiger partial charge >= 0.3 is 0 Å². The quantitative estimate of drug-likeness (QED) is 0.714. The predicted octanol–water partition coefficient (Wildman–Crippen LogP) is 2.68. The van der Waals surface area contributed by atoms with Gasteiger partial charge in [0.1, 0.15) is 5.60 Å². The molecule has 0 unspecified atom stereocenters. The van der Waals surface area contributed by atoms with Crippen LogP contribution in [0.3, 0.4) is 0 Å². The molecule has 0 saturated carbocycles. The van der Waals surface area contributed by atoms with Crippen molar-refractivity contribution in [3.63, 3.8) is 0 Å². The number of hydrogen-bond donors (Lipinski definition) is 2. The summed E-state index contributed by atoms with van der Waals surface area (Å²) in [6, 6.07) is 15.0. The largest absolute Gasteiger partial charge is 0.493 e. The van der Waals surface area contributed by atoms with E-state index in [2.05, 4.69) is 5.32 Å². The van der Waals surface area contributed by atoms with Gasteiger partial charge in [0.05, 0.1) is 27.2 Å². The molecule has 1 atom stereocenters. The van der Waals surface area contributed by atoms with E-state index in [9.17, 15) is 9.90 Å². The van der Waals surface area contributed by atoms with E-state index in [0.29, 0.717) is 24.7 Å². The van der Waals surface area contributed by atoms with E-state index in [4.69, 9.17) is 14.2 Å². The minimum atomic E-state index is -1.13. The molecule has 3 rings (SSSR count). The van der Waals surface area contributed by atoms with Crippen LogP contribution in [0.25, 0.3) is 0 Å². The number of carbonyl (C=O) groups excluding carboxylic acids is 1. The number of benzene rings is 2. The average Bonchev–Trinajstić information content (AvgIpc) is 2.78. The van der Waals surface area contributed by atoms with Gasteiger partial charge in [0, 0.05) is 13.2 Å². The van der Waals surface area contributed by atoms with Gasteiger partial charge in [-0.25, -0.2) is 0 Å². The number of methoxy groups -OCH3 is 2. The zero-order chi connectivity index (χ0) is 20.7. The molecule has 29 heavy (non-hydrogen) atoms. The Kier molecular flexibility index (Phi) is 7.12. The van der Waals surface area contributed by atoms with Crippen LogP contribution in [0, 0.1) is 5.92 Å². The molecule has 156 valence electrons. The molecule has 6 heteroatoms. The van der Waals surface area contributed by atoms with Gasteiger partial charge in [-0.05, 0) is 42.0 Å². The van der Waals surface area contributed by atoms with Gasteiger partial charge in [0.15, 0.2) is 11.5 Å². The van der Waals surface area contributed by atoms with Crippen molar-refractivity contribution in [1.82, 2.24) is 5.32 Å². The first-order valence-electron chi connectivity index (χ1n) is 9.90. The van der Waals surface area contributed by atoms with E-state index in [0.717, 1.165) is 24.0 Å². The fourth-order valence-electron chi connectivity index (χ4n) is 3.86. The number of nitrogens with one attached hydrogen (secondary N) is 1. The lowest BCUT2D eigenvalue weighted by atomic mass is 9.77. The van der Waals surface area contributed by atoms with E-state index in [1.54, 1.807) is 26.4 Å². The first-order chi connectivity index (χ1) is 14.1. The summed E-state index contributed by atoms with van der Waals surface area (Å²) in [5.41, 5.74) is 0.506. The summed E-state index contributed by atoms with van der Waals surface area (Å²) in [5, 5.41) is 14.5. The zero-order valence-electron chi connectivity index (χ0n) is 17.0. The van der Waals surface area contributed by atoms with Gasteiger partial charge in [0.2, 0.25) is 5.91 Å². The highest BCUT2D eigenvalue weighted by Gasteiger charge is 2.39. The van der Waals surface area contributed by atoms with Crippen molar-refractivity contribution < 1.29 is 24.1 Å². The molecule has 1 aliphatic heterocycles. The molecule has 0 radical (unpaired) electrons. The summed E-state index contributed by atoms with van der Waals surface area (Å²) in [7, 11) is 3.14.